The molecule has 25 heavy (non-hydrogen) atoms. The van der Waals surface area contributed by atoms with Crippen molar-refractivity contribution in [3.8, 4) is 0 Å². The maximum Gasteiger partial charge on any atom is 0.262 e. The van der Waals surface area contributed by atoms with Gasteiger partial charge in [-0.05, 0) is 49.8 Å². The summed E-state index contributed by atoms with van der Waals surface area (Å²) in [4.78, 5) is 27.8. The Bertz CT molecular complexity index is 1070. The van der Waals surface area contributed by atoms with Gasteiger partial charge in [-0.15, -0.1) is 0 Å². The lowest BCUT2D eigenvalue weighted by Crippen LogP contribution is -2.24. The molecule has 0 aliphatic carbocycles. The van der Waals surface area contributed by atoms with E-state index < -0.39 is 0 Å². The second-order valence-corrected chi connectivity index (χ2v) is 6.30. The first-order valence-electron chi connectivity index (χ1n) is 8.10. The van der Waals surface area contributed by atoms with Crippen LogP contribution in [0, 0.1) is 11.7 Å². The van der Waals surface area contributed by atoms with E-state index in [9.17, 15) is 9.59 Å². The molecule has 0 spiro atoms. The molecule has 1 amide bonds. The van der Waals surface area contributed by atoms with E-state index in [1.807, 2.05) is 38.1 Å². The van der Waals surface area contributed by atoms with Crippen molar-refractivity contribution >= 4 is 29.0 Å². The molecule has 5 nitrogen and oxygen atoms in total. The fourth-order valence-electron chi connectivity index (χ4n) is 2.79. The first-order valence-corrected chi connectivity index (χ1v) is 8.51. The molecule has 6 heteroatoms. The number of amides is 1. The second-order valence-electron chi connectivity index (χ2n) is 5.91. The number of hydrogen-bond donors (Lipinski definition) is 2. The molecule has 0 saturated carbocycles. The number of nitrogens with one attached hydrogen (secondary N) is 2. The summed E-state index contributed by atoms with van der Waals surface area (Å²) in [5, 5.41) is 3.42. The van der Waals surface area contributed by atoms with Gasteiger partial charge in [0, 0.05) is 18.7 Å². The summed E-state index contributed by atoms with van der Waals surface area (Å²) >= 11 is 5.21. The van der Waals surface area contributed by atoms with Crippen LogP contribution in [0.15, 0.2) is 47.3 Å². The van der Waals surface area contributed by atoms with Crippen LogP contribution >= 0.6 is 12.2 Å². The molecule has 128 valence electrons. The molecule has 0 bridgehead atoms. The van der Waals surface area contributed by atoms with E-state index >= 15 is 0 Å². The van der Waals surface area contributed by atoms with Crippen molar-refractivity contribution < 1.29 is 4.79 Å². The predicted molar refractivity (Wildman–Crippen MR) is 101 cm³/mol. The number of aryl methyl sites for hydroxylation is 1. The molecular weight excluding hydrogens is 334 g/mol. The van der Waals surface area contributed by atoms with Gasteiger partial charge in [0.15, 0.2) is 4.77 Å². The molecule has 1 aromatic heterocycles. The van der Waals surface area contributed by atoms with Gasteiger partial charge in [-0.3, -0.25) is 14.2 Å². The van der Waals surface area contributed by atoms with Crippen LogP contribution in [0.2, 0.25) is 0 Å². The number of carbonyl (C=O) groups is 1. The average Bonchev–Trinajstić information content (AvgIpc) is 2.59. The van der Waals surface area contributed by atoms with E-state index in [1.165, 1.54) is 4.57 Å². The van der Waals surface area contributed by atoms with Gasteiger partial charge in [-0.25, -0.2) is 0 Å². The van der Waals surface area contributed by atoms with Crippen LogP contribution in [0.1, 0.15) is 28.4 Å². The summed E-state index contributed by atoms with van der Waals surface area (Å²) in [5.74, 6) is -0.192. The molecule has 3 aromatic rings. The Kier molecular flexibility index (Phi) is 4.81. The Labute approximate surface area is 150 Å². The fraction of sp³-hybridized carbons (Fsp3) is 0.211. The largest absolute Gasteiger partial charge is 0.348 e. The fourth-order valence-corrected chi connectivity index (χ4v) is 3.11. The van der Waals surface area contributed by atoms with Crippen molar-refractivity contribution in [2.45, 2.75) is 26.9 Å². The van der Waals surface area contributed by atoms with E-state index in [0.29, 0.717) is 34.3 Å². The zero-order chi connectivity index (χ0) is 18.0. The van der Waals surface area contributed by atoms with Crippen molar-refractivity contribution in [2.24, 2.45) is 0 Å². The van der Waals surface area contributed by atoms with Gasteiger partial charge >= 0.3 is 0 Å². The van der Waals surface area contributed by atoms with Crippen LogP contribution < -0.4 is 10.9 Å². The Morgan fingerprint density at radius 3 is 2.76 bits per heavy atom. The van der Waals surface area contributed by atoms with Crippen LogP contribution in [0.25, 0.3) is 10.9 Å². The van der Waals surface area contributed by atoms with Crippen molar-refractivity contribution in [1.29, 1.82) is 0 Å². The highest BCUT2D eigenvalue weighted by molar-refractivity contribution is 7.71. The molecule has 0 saturated heterocycles. The molecule has 3 rings (SSSR count). The lowest BCUT2D eigenvalue weighted by molar-refractivity contribution is 0.0951. The number of H-pyrrole nitrogens is 1. The van der Waals surface area contributed by atoms with Crippen LogP contribution in [-0.2, 0) is 13.1 Å². The maximum absolute atomic E-state index is 12.4. The van der Waals surface area contributed by atoms with Crippen LogP contribution in [-0.4, -0.2) is 15.5 Å². The first kappa shape index (κ1) is 17.1. The monoisotopic (exact) mass is 353 g/mol. The summed E-state index contributed by atoms with van der Waals surface area (Å²) in [6.45, 7) is 4.83. The smallest absolute Gasteiger partial charge is 0.262 e. The van der Waals surface area contributed by atoms with Crippen molar-refractivity contribution in [3.05, 3.63) is 74.3 Å². The highest BCUT2D eigenvalue weighted by atomic mass is 32.1. The quantitative estimate of drug-likeness (QED) is 0.707. The number of aromatic nitrogens is 2. The molecule has 0 unspecified atom stereocenters. The van der Waals surface area contributed by atoms with Gasteiger partial charge in [0.25, 0.3) is 11.5 Å². The van der Waals surface area contributed by atoms with E-state index in [4.69, 9.17) is 12.2 Å². The van der Waals surface area contributed by atoms with E-state index in [2.05, 4.69) is 10.3 Å². The van der Waals surface area contributed by atoms with Gasteiger partial charge < -0.3 is 10.3 Å². The Hall–Kier alpha value is -2.73. The van der Waals surface area contributed by atoms with Crippen molar-refractivity contribution in [3.63, 3.8) is 0 Å². The van der Waals surface area contributed by atoms with Gasteiger partial charge in [0.05, 0.1) is 10.9 Å². The maximum atomic E-state index is 12.4. The third kappa shape index (κ3) is 3.53. The second kappa shape index (κ2) is 7.03. The first-order chi connectivity index (χ1) is 12.0. The van der Waals surface area contributed by atoms with Crippen LogP contribution in [0.3, 0.4) is 0 Å². The number of nitrogens with zero attached hydrogens (tertiary/aromatic N) is 1. The van der Waals surface area contributed by atoms with Gasteiger partial charge in [0.1, 0.15) is 0 Å². The Balaban J connectivity index is 1.87. The van der Waals surface area contributed by atoms with Crippen LogP contribution in [0.4, 0.5) is 0 Å². The molecule has 0 radical (unpaired) electrons. The molecule has 1 heterocycles. The zero-order valence-corrected chi connectivity index (χ0v) is 14.9. The highest BCUT2D eigenvalue weighted by Crippen LogP contribution is 2.11. The number of carbonyl (C=O) groups excluding carboxylic acids is 1. The van der Waals surface area contributed by atoms with Gasteiger partial charge in [-0.2, -0.15) is 0 Å². The minimum Gasteiger partial charge on any atom is -0.348 e. The van der Waals surface area contributed by atoms with E-state index in [-0.39, 0.29) is 11.5 Å². The summed E-state index contributed by atoms with van der Waals surface area (Å²) in [6, 6.07) is 13.0. The summed E-state index contributed by atoms with van der Waals surface area (Å²) in [5.41, 5.74) is 3.10. The normalized spacial score (nSPS) is 10.8. The average molecular weight is 353 g/mol. The van der Waals surface area contributed by atoms with E-state index in [1.54, 1.807) is 18.2 Å². The van der Waals surface area contributed by atoms with Crippen molar-refractivity contribution in [2.75, 3.05) is 0 Å². The molecule has 0 atom stereocenters. The van der Waals surface area contributed by atoms with E-state index in [0.717, 1.165) is 11.1 Å². The molecule has 2 N–H and O–H groups in total. The summed E-state index contributed by atoms with van der Waals surface area (Å²) in [7, 11) is 0. The Morgan fingerprint density at radius 1 is 1.24 bits per heavy atom. The number of hydrogen-bond acceptors (Lipinski definition) is 3. The standard InChI is InChI=1S/C19H19N3O2S/c1-3-22-18(24)15-8-7-14(10-16(15)21-19(22)25)17(23)20-11-13-6-4-5-12(2)9-13/h4-10H,3,11H2,1-2H3,(H,20,23)(H,21,25). The van der Waals surface area contributed by atoms with Gasteiger partial charge in [-0.1, -0.05) is 29.8 Å². The number of fused-ring (bicyclic) bond motifs is 1. The number of aromatic amines is 1. The SMILES string of the molecule is CCn1c(=S)[nH]c2cc(C(=O)NCc3cccc(C)c3)ccc2c1=O. The lowest BCUT2D eigenvalue weighted by Gasteiger charge is -2.08. The molecule has 0 aliphatic rings. The molecule has 0 aliphatic heterocycles. The zero-order valence-electron chi connectivity index (χ0n) is 14.1. The molecule has 2 aromatic carbocycles. The minimum atomic E-state index is -0.192. The minimum absolute atomic E-state index is 0.145. The summed E-state index contributed by atoms with van der Waals surface area (Å²) < 4.78 is 1.85. The predicted octanol–water partition coefficient (Wildman–Crippen LogP) is 3.32. The lowest BCUT2D eigenvalue weighted by atomic mass is 10.1. The van der Waals surface area contributed by atoms with Gasteiger partial charge in [0.2, 0.25) is 0 Å². The highest BCUT2D eigenvalue weighted by Gasteiger charge is 2.10. The topological polar surface area (TPSA) is 66.9 Å². The van der Waals surface area contributed by atoms with Crippen molar-refractivity contribution in [1.82, 2.24) is 14.9 Å². The Morgan fingerprint density at radius 2 is 2.04 bits per heavy atom. The third-order valence-corrected chi connectivity index (χ3v) is 4.42. The summed E-state index contributed by atoms with van der Waals surface area (Å²) in [6.07, 6.45) is 0. The third-order valence-electron chi connectivity index (χ3n) is 4.10. The molecule has 0 fully saturated rings. The number of rotatable bonds is 4. The van der Waals surface area contributed by atoms with Crippen LogP contribution in [0.5, 0.6) is 0 Å². The molecular formula is C19H19N3O2S. The number of benzene rings is 2.